The number of furan rings is 1. The van der Waals surface area contributed by atoms with Crippen molar-refractivity contribution in [3.63, 3.8) is 0 Å². The molecule has 16 heavy (non-hydrogen) atoms. The number of rotatable bonds is 9. The van der Waals surface area contributed by atoms with E-state index in [0.29, 0.717) is 0 Å². The molecular formula is C12H22N2OS. The van der Waals surface area contributed by atoms with E-state index in [0.717, 1.165) is 36.9 Å². The molecule has 0 unspecified atom stereocenters. The van der Waals surface area contributed by atoms with Crippen LogP contribution in [0, 0.1) is 0 Å². The first kappa shape index (κ1) is 13.6. The number of hydrogen-bond acceptors (Lipinski definition) is 4. The summed E-state index contributed by atoms with van der Waals surface area (Å²) in [7, 11) is 4.22. The van der Waals surface area contributed by atoms with E-state index in [4.69, 9.17) is 4.42 Å². The second kappa shape index (κ2) is 8.67. The van der Waals surface area contributed by atoms with Crippen molar-refractivity contribution in [3.8, 4) is 0 Å². The van der Waals surface area contributed by atoms with Crippen LogP contribution in [0.3, 0.4) is 0 Å². The van der Waals surface area contributed by atoms with Crippen LogP contribution in [0.15, 0.2) is 22.8 Å². The van der Waals surface area contributed by atoms with Crippen LogP contribution in [-0.4, -0.2) is 44.4 Å². The van der Waals surface area contributed by atoms with Crippen molar-refractivity contribution >= 4 is 11.8 Å². The largest absolute Gasteiger partial charge is 0.468 e. The maximum Gasteiger partial charge on any atom is 0.113 e. The second-order valence-electron chi connectivity index (χ2n) is 4.04. The van der Waals surface area contributed by atoms with Gasteiger partial charge in [0.2, 0.25) is 0 Å². The molecule has 0 atom stereocenters. The molecule has 0 aliphatic heterocycles. The van der Waals surface area contributed by atoms with Crippen molar-refractivity contribution in [2.45, 2.75) is 12.2 Å². The van der Waals surface area contributed by atoms with Gasteiger partial charge < -0.3 is 14.6 Å². The Labute approximate surface area is 103 Å². The monoisotopic (exact) mass is 242 g/mol. The highest BCUT2D eigenvalue weighted by Crippen LogP contribution is 2.11. The Morgan fingerprint density at radius 3 is 2.94 bits per heavy atom. The van der Waals surface area contributed by atoms with Crippen molar-refractivity contribution in [1.29, 1.82) is 0 Å². The molecule has 3 nitrogen and oxygen atoms in total. The zero-order chi connectivity index (χ0) is 11.6. The average Bonchev–Trinajstić information content (AvgIpc) is 2.74. The fourth-order valence-corrected chi connectivity index (χ4v) is 2.16. The summed E-state index contributed by atoms with van der Waals surface area (Å²) in [5.41, 5.74) is 0. The highest BCUT2D eigenvalue weighted by molar-refractivity contribution is 7.98. The van der Waals surface area contributed by atoms with Crippen LogP contribution in [0.4, 0.5) is 0 Å². The fraction of sp³-hybridized carbons (Fsp3) is 0.667. The lowest BCUT2D eigenvalue weighted by Gasteiger charge is -2.09. The van der Waals surface area contributed by atoms with Gasteiger partial charge in [0.25, 0.3) is 0 Å². The predicted octanol–water partition coefficient (Wildman–Crippen LogP) is 2.05. The smallest absolute Gasteiger partial charge is 0.113 e. The summed E-state index contributed by atoms with van der Waals surface area (Å²) in [6, 6.07) is 3.97. The number of hydrogen-bond donors (Lipinski definition) is 1. The molecule has 4 heteroatoms. The van der Waals surface area contributed by atoms with E-state index in [1.807, 2.05) is 23.9 Å². The van der Waals surface area contributed by atoms with Crippen molar-refractivity contribution in [2.75, 3.05) is 39.5 Å². The first-order chi connectivity index (χ1) is 7.79. The fourth-order valence-electron chi connectivity index (χ4n) is 1.36. The van der Waals surface area contributed by atoms with Gasteiger partial charge in [-0.1, -0.05) is 0 Å². The first-order valence-corrected chi connectivity index (χ1v) is 6.90. The van der Waals surface area contributed by atoms with E-state index in [2.05, 4.69) is 24.3 Å². The molecule has 0 saturated carbocycles. The van der Waals surface area contributed by atoms with E-state index in [1.54, 1.807) is 6.26 Å². The lowest BCUT2D eigenvalue weighted by Crippen LogP contribution is -2.23. The van der Waals surface area contributed by atoms with E-state index in [9.17, 15) is 0 Å². The summed E-state index contributed by atoms with van der Waals surface area (Å²) in [4.78, 5) is 2.22. The van der Waals surface area contributed by atoms with Crippen LogP contribution in [0.25, 0.3) is 0 Å². The maximum atomic E-state index is 5.26. The third kappa shape index (κ3) is 6.93. The van der Waals surface area contributed by atoms with Gasteiger partial charge in [0.15, 0.2) is 0 Å². The minimum absolute atomic E-state index is 0.979. The summed E-state index contributed by atoms with van der Waals surface area (Å²) < 4.78 is 5.26. The van der Waals surface area contributed by atoms with Crippen LogP contribution in [0.1, 0.15) is 12.2 Å². The first-order valence-electron chi connectivity index (χ1n) is 5.74. The summed E-state index contributed by atoms with van der Waals surface area (Å²) in [5, 5.41) is 3.44. The van der Waals surface area contributed by atoms with Gasteiger partial charge in [0, 0.05) is 12.3 Å². The quantitative estimate of drug-likeness (QED) is 0.671. The molecule has 1 aromatic heterocycles. The van der Waals surface area contributed by atoms with Gasteiger partial charge in [0.1, 0.15) is 5.76 Å². The number of nitrogens with zero attached hydrogens (tertiary/aromatic N) is 1. The molecule has 1 N–H and O–H groups in total. The van der Waals surface area contributed by atoms with Crippen LogP contribution < -0.4 is 5.32 Å². The normalized spacial score (nSPS) is 11.2. The van der Waals surface area contributed by atoms with Crippen LogP contribution in [0.2, 0.25) is 0 Å². The Kier molecular flexibility index (Phi) is 7.38. The van der Waals surface area contributed by atoms with Gasteiger partial charge in [-0.25, -0.2) is 0 Å². The average molecular weight is 242 g/mol. The van der Waals surface area contributed by atoms with Gasteiger partial charge in [-0.3, -0.25) is 0 Å². The molecule has 0 saturated heterocycles. The number of nitrogens with one attached hydrogen (secondary N) is 1. The molecule has 0 radical (unpaired) electrons. The molecule has 0 amide bonds. The van der Waals surface area contributed by atoms with Gasteiger partial charge >= 0.3 is 0 Å². The Balaban J connectivity index is 1.82. The van der Waals surface area contributed by atoms with Gasteiger partial charge in [-0.2, -0.15) is 11.8 Å². The zero-order valence-corrected chi connectivity index (χ0v) is 11.1. The van der Waals surface area contributed by atoms with E-state index < -0.39 is 0 Å². The molecule has 92 valence electrons. The van der Waals surface area contributed by atoms with Crippen molar-refractivity contribution in [3.05, 3.63) is 24.2 Å². The molecule has 0 bridgehead atoms. The standard InChI is InChI=1S/C12H22N2OS/c1-14(2)8-4-6-13-7-10-16-11-12-5-3-9-15-12/h3,5,9,13H,4,6-8,10-11H2,1-2H3. The Hall–Kier alpha value is -0.450. The Morgan fingerprint density at radius 2 is 2.25 bits per heavy atom. The highest BCUT2D eigenvalue weighted by Gasteiger charge is 1.95. The highest BCUT2D eigenvalue weighted by atomic mass is 32.2. The Morgan fingerprint density at radius 1 is 1.38 bits per heavy atom. The lowest BCUT2D eigenvalue weighted by atomic mass is 10.4. The summed E-state index contributed by atoms with van der Waals surface area (Å²) >= 11 is 1.91. The molecule has 0 aromatic carbocycles. The second-order valence-corrected chi connectivity index (χ2v) is 5.14. The number of thioether (sulfide) groups is 1. The van der Waals surface area contributed by atoms with Gasteiger partial charge in [-0.15, -0.1) is 0 Å². The zero-order valence-electron chi connectivity index (χ0n) is 10.2. The van der Waals surface area contributed by atoms with Gasteiger partial charge in [0.05, 0.1) is 12.0 Å². The van der Waals surface area contributed by atoms with E-state index >= 15 is 0 Å². The summed E-state index contributed by atoms with van der Waals surface area (Å²) in [6.45, 7) is 3.35. The molecule has 0 fully saturated rings. The minimum Gasteiger partial charge on any atom is -0.468 e. The van der Waals surface area contributed by atoms with E-state index in [1.165, 1.54) is 6.42 Å². The SMILES string of the molecule is CN(C)CCCNCCSCc1ccco1. The predicted molar refractivity (Wildman–Crippen MR) is 70.9 cm³/mol. The topological polar surface area (TPSA) is 28.4 Å². The molecule has 1 heterocycles. The summed E-state index contributed by atoms with van der Waals surface area (Å²) in [6.07, 6.45) is 2.95. The lowest BCUT2D eigenvalue weighted by molar-refractivity contribution is 0.396. The van der Waals surface area contributed by atoms with Crippen LogP contribution in [-0.2, 0) is 5.75 Å². The van der Waals surface area contributed by atoms with Gasteiger partial charge in [-0.05, 0) is 45.7 Å². The maximum absolute atomic E-state index is 5.26. The van der Waals surface area contributed by atoms with Crippen molar-refractivity contribution in [1.82, 2.24) is 10.2 Å². The minimum atomic E-state index is 0.979. The molecule has 0 aliphatic carbocycles. The molecular weight excluding hydrogens is 220 g/mol. The molecule has 0 aliphatic rings. The van der Waals surface area contributed by atoms with Crippen LogP contribution >= 0.6 is 11.8 Å². The molecule has 1 aromatic rings. The third-order valence-electron chi connectivity index (χ3n) is 2.21. The van der Waals surface area contributed by atoms with Crippen molar-refractivity contribution < 1.29 is 4.42 Å². The van der Waals surface area contributed by atoms with Crippen LogP contribution in [0.5, 0.6) is 0 Å². The Bertz CT molecular complexity index is 250. The van der Waals surface area contributed by atoms with Crippen molar-refractivity contribution in [2.24, 2.45) is 0 Å². The molecule has 1 rings (SSSR count). The summed E-state index contributed by atoms with van der Waals surface area (Å²) in [5.74, 6) is 3.19. The third-order valence-corrected chi connectivity index (χ3v) is 3.19. The molecule has 0 spiro atoms. The van der Waals surface area contributed by atoms with E-state index in [-0.39, 0.29) is 0 Å².